The third kappa shape index (κ3) is 3.82. The van der Waals surface area contributed by atoms with Crippen molar-refractivity contribution in [2.75, 3.05) is 20.2 Å². The van der Waals surface area contributed by atoms with Gasteiger partial charge in [-0.25, -0.2) is 0 Å². The summed E-state index contributed by atoms with van der Waals surface area (Å²) in [4.78, 5) is 5.68. The fraction of sp³-hybridized carbons (Fsp3) is 0.350. The Morgan fingerprint density at radius 3 is 2.73 bits per heavy atom. The molecule has 0 radical (unpaired) electrons. The van der Waals surface area contributed by atoms with Crippen molar-refractivity contribution in [3.63, 3.8) is 0 Å². The average Bonchev–Trinajstić information content (AvgIpc) is 3.35. The Kier molecular flexibility index (Phi) is 5.11. The van der Waals surface area contributed by atoms with E-state index in [0.29, 0.717) is 23.4 Å². The Morgan fingerprint density at radius 1 is 1.23 bits per heavy atom. The van der Waals surface area contributed by atoms with Gasteiger partial charge in [0.15, 0.2) is 20.9 Å². The fourth-order valence-corrected chi connectivity index (χ4v) is 5.24. The maximum Gasteiger partial charge on any atom is 0.416 e. The molecule has 1 spiro atoms. The summed E-state index contributed by atoms with van der Waals surface area (Å²) in [6, 6.07) is 11.1. The lowest BCUT2D eigenvalue weighted by Crippen LogP contribution is -2.39. The van der Waals surface area contributed by atoms with Crippen LogP contribution in [0.25, 0.3) is 0 Å². The summed E-state index contributed by atoms with van der Waals surface area (Å²) in [5.41, 5.74) is -0.954. The first-order valence-electron chi connectivity index (χ1n) is 9.20. The average molecular weight is 440 g/mol. The Bertz CT molecular complexity index is 1040. The normalized spacial score (nSPS) is 23.8. The molecule has 2 atom stereocenters. The second kappa shape index (κ2) is 7.36. The SMILES string of the molecule is COc1cccc([S+](=O)([O-])N2CCC3(CC(c4cccc(C(F)(F)F)c4)=NO3)C2)c1. The van der Waals surface area contributed by atoms with Gasteiger partial charge in [0, 0.05) is 31.0 Å². The van der Waals surface area contributed by atoms with E-state index >= 15 is 0 Å². The highest BCUT2D eigenvalue weighted by molar-refractivity contribution is 7.95. The van der Waals surface area contributed by atoms with Crippen LogP contribution < -0.4 is 4.74 Å². The molecular weight excluding hydrogens is 421 g/mol. The number of benzene rings is 2. The molecule has 0 aliphatic carbocycles. The minimum atomic E-state index is -4.46. The Morgan fingerprint density at radius 2 is 2.00 bits per heavy atom. The van der Waals surface area contributed by atoms with E-state index < -0.39 is 27.7 Å². The minimum Gasteiger partial charge on any atom is -0.593 e. The first-order chi connectivity index (χ1) is 14.1. The highest BCUT2D eigenvalue weighted by atomic mass is 32.3. The molecule has 2 aromatic rings. The maximum absolute atomic E-state index is 13.0. The van der Waals surface area contributed by atoms with E-state index in [4.69, 9.17) is 9.57 Å². The van der Waals surface area contributed by atoms with Crippen molar-refractivity contribution < 1.29 is 31.5 Å². The highest BCUT2D eigenvalue weighted by Gasteiger charge is 2.51. The second-order valence-electron chi connectivity index (χ2n) is 7.34. The number of ether oxygens (including phenoxy) is 1. The third-order valence-electron chi connectivity index (χ3n) is 5.32. The lowest BCUT2D eigenvalue weighted by molar-refractivity contribution is -0.137. The van der Waals surface area contributed by atoms with Crippen LogP contribution in [0.2, 0.25) is 0 Å². The summed E-state index contributed by atoms with van der Waals surface area (Å²) in [5, 5.41) is 3.99. The predicted octanol–water partition coefficient (Wildman–Crippen LogP) is 3.89. The van der Waals surface area contributed by atoms with E-state index in [2.05, 4.69) is 5.16 Å². The van der Waals surface area contributed by atoms with E-state index in [-0.39, 0.29) is 24.4 Å². The number of hydrogen-bond acceptors (Lipinski definition) is 5. The van der Waals surface area contributed by atoms with Gasteiger partial charge >= 0.3 is 6.18 Å². The van der Waals surface area contributed by atoms with Crippen LogP contribution in [-0.2, 0) is 25.6 Å². The molecule has 4 rings (SSSR count). The van der Waals surface area contributed by atoms with E-state index in [1.165, 1.54) is 35.7 Å². The van der Waals surface area contributed by atoms with Gasteiger partial charge in [0.25, 0.3) is 0 Å². The van der Waals surface area contributed by atoms with Crippen LogP contribution in [0.15, 0.2) is 58.6 Å². The molecule has 1 saturated heterocycles. The lowest BCUT2D eigenvalue weighted by Gasteiger charge is -2.25. The van der Waals surface area contributed by atoms with Crippen molar-refractivity contribution in [3.8, 4) is 5.75 Å². The van der Waals surface area contributed by atoms with Gasteiger partial charge in [0.05, 0.1) is 24.9 Å². The summed E-state index contributed by atoms with van der Waals surface area (Å²) >= 11 is 0. The molecule has 0 bridgehead atoms. The number of nitrogens with zero attached hydrogens (tertiary/aromatic N) is 2. The van der Waals surface area contributed by atoms with Crippen LogP contribution in [0.5, 0.6) is 5.75 Å². The first-order valence-corrected chi connectivity index (χ1v) is 10.6. The van der Waals surface area contributed by atoms with Crippen LogP contribution in [0.1, 0.15) is 24.0 Å². The van der Waals surface area contributed by atoms with Crippen molar-refractivity contribution >= 4 is 16.1 Å². The van der Waals surface area contributed by atoms with Crippen LogP contribution in [0.4, 0.5) is 13.2 Å². The van der Waals surface area contributed by atoms with Crippen molar-refractivity contribution in [1.82, 2.24) is 4.31 Å². The standard InChI is InChI=1S/C20H19F3N2O4S/c1-28-16-6-3-7-17(11-16)30(26,27)25-9-8-19(13-25)12-18(24-29-19)14-4-2-5-15(10-14)20(21,22)23/h2-7,10-11H,8-9,12-13H2,1H3. The smallest absolute Gasteiger partial charge is 0.416 e. The molecule has 10 heteroatoms. The Labute approximate surface area is 172 Å². The van der Waals surface area contributed by atoms with Crippen LogP contribution >= 0.6 is 0 Å². The summed E-state index contributed by atoms with van der Waals surface area (Å²) < 4.78 is 71.4. The van der Waals surface area contributed by atoms with Gasteiger partial charge in [0.1, 0.15) is 5.75 Å². The first kappa shape index (κ1) is 20.8. The summed E-state index contributed by atoms with van der Waals surface area (Å²) in [5.74, 6) is 0.428. The minimum absolute atomic E-state index is 0.0680. The van der Waals surface area contributed by atoms with Crippen LogP contribution in [-0.4, -0.2) is 40.4 Å². The molecule has 0 aromatic heterocycles. The summed E-state index contributed by atoms with van der Waals surface area (Å²) in [6.07, 6.45) is -3.83. The maximum atomic E-state index is 13.0. The Hall–Kier alpha value is -2.43. The molecule has 0 amide bonds. The summed E-state index contributed by atoms with van der Waals surface area (Å²) in [7, 11) is -2.32. The van der Waals surface area contributed by atoms with E-state index in [0.717, 1.165) is 12.1 Å². The monoisotopic (exact) mass is 440 g/mol. The lowest BCUT2D eigenvalue weighted by atomic mass is 9.93. The zero-order chi connectivity index (χ0) is 21.6. The third-order valence-corrected chi connectivity index (χ3v) is 7.16. The van der Waals surface area contributed by atoms with Gasteiger partial charge in [0.2, 0.25) is 0 Å². The van der Waals surface area contributed by atoms with Crippen molar-refractivity contribution in [3.05, 3.63) is 59.7 Å². The van der Waals surface area contributed by atoms with Gasteiger partial charge in [-0.3, -0.25) is 0 Å². The second-order valence-corrected chi connectivity index (χ2v) is 9.27. The Balaban J connectivity index is 1.51. The molecule has 2 aliphatic rings. The zero-order valence-electron chi connectivity index (χ0n) is 16.0. The zero-order valence-corrected chi connectivity index (χ0v) is 16.8. The van der Waals surface area contributed by atoms with Crippen molar-refractivity contribution in [2.45, 2.75) is 29.5 Å². The number of halogens is 3. The number of methoxy groups -OCH3 is 1. The van der Waals surface area contributed by atoms with E-state index in [1.54, 1.807) is 12.1 Å². The topological polar surface area (TPSA) is 74.2 Å². The number of alkyl halides is 3. The largest absolute Gasteiger partial charge is 0.593 e. The number of oxime groups is 1. The molecule has 30 heavy (non-hydrogen) atoms. The van der Waals surface area contributed by atoms with Crippen molar-refractivity contribution in [1.29, 1.82) is 0 Å². The number of rotatable bonds is 4. The number of hydrogen-bond donors (Lipinski definition) is 0. The molecular formula is C20H19F3N2O4S. The van der Waals surface area contributed by atoms with Gasteiger partial charge in [-0.05, 0) is 24.3 Å². The van der Waals surface area contributed by atoms with Gasteiger partial charge in [-0.15, -0.1) is 4.31 Å². The fourth-order valence-electron chi connectivity index (χ4n) is 3.69. The van der Waals surface area contributed by atoms with Crippen LogP contribution in [0.3, 0.4) is 0 Å². The van der Waals surface area contributed by atoms with E-state index in [1.807, 2.05) is 0 Å². The molecule has 0 N–H and O–H groups in total. The quantitative estimate of drug-likeness (QED) is 0.677. The summed E-state index contributed by atoms with van der Waals surface area (Å²) in [6.45, 7) is 0.295. The van der Waals surface area contributed by atoms with Gasteiger partial charge in [-0.2, -0.15) is 13.2 Å². The molecule has 160 valence electrons. The highest BCUT2D eigenvalue weighted by Crippen LogP contribution is 2.40. The number of sulfonamides is 1. The van der Waals surface area contributed by atoms with Crippen molar-refractivity contribution in [2.24, 2.45) is 5.16 Å². The molecule has 6 nitrogen and oxygen atoms in total. The molecule has 1 fully saturated rings. The molecule has 2 heterocycles. The van der Waals surface area contributed by atoms with Gasteiger partial charge < -0.3 is 14.1 Å². The molecule has 2 unspecified atom stereocenters. The molecule has 2 aromatic carbocycles. The molecule has 2 aliphatic heterocycles. The van der Waals surface area contributed by atoms with Crippen LogP contribution in [0, 0.1) is 0 Å². The van der Waals surface area contributed by atoms with E-state index in [9.17, 15) is 21.9 Å². The molecule has 0 saturated carbocycles. The predicted molar refractivity (Wildman–Crippen MR) is 103 cm³/mol. The van der Waals surface area contributed by atoms with Gasteiger partial charge in [-0.1, -0.05) is 27.6 Å².